The van der Waals surface area contributed by atoms with Gasteiger partial charge in [0.05, 0.1) is 18.3 Å². The molecule has 1 fully saturated rings. The average Bonchev–Trinajstić information content (AvgIpc) is 3.26. The minimum atomic E-state index is -0.298. The molecule has 3 rings (SSSR count). The number of benzene rings is 1. The Bertz CT molecular complexity index is 663. The predicted octanol–water partition coefficient (Wildman–Crippen LogP) is 2.75. The number of carbonyl (C=O) groups excluding carboxylic acids is 1. The lowest BCUT2D eigenvalue weighted by Gasteiger charge is -2.10. The van der Waals surface area contributed by atoms with Crippen LogP contribution in [0.1, 0.15) is 23.2 Å². The van der Waals surface area contributed by atoms with Gasteiger partial charge in [-0.05, 0) is 30.5 Å². The molecule has 6 heteroatoms. The Labute approximate surface area is 140 Å². The number of aromatic amines is 1. The van der Waals surface area contributed by atoms with Crippen molar-refractivity contribution in [3.8, 4) is 11.1 Å². The van der Waals surface area contributed by atoms with Crippen LogP contribution in [0.5, 0.6) is 0 Å². The topological polar surface area (TPSA) is 63.4 Å². The first-order valence-corrected chi connectivity index (χ1v) is 8.14. The Hall–Kier alpha value is -2.18. The first-order valence-electron chi connectivity index (χ1n) is 8.14. The van der Waals surface area contributed by atoms with Gasteiger partial charge in [-0.2, -0.15) is 0 Å². The van der Waals surface area contributed by atoms with Gasteiger partial charge in [0.25, 0.3) is 5.91 Å². The predicted molar refractivity (Wildman–Crippen MR) is 88.3 cm³/mol. The van der Waals surface area contributed by atoms with Crippen LogP contribution in [0, 0.1) is 5.82 Å². The van der Waals surface area contributed by atoms with Gasteiger partial charge in [0.2, 0.25) is 0 Å². The van der Waals surface area contributed by atoms with Gasteiger partial charge in [-0.25, -0.2) is 4.39 Å². The molecular weight excluding hydrogens is 311 g/mol. The number of hydrogen-bond acceptors (Lipinski definition) is 3. The van der Waals surface area contributed by atoms with Crippen LogP contribution < -0.4 is 5.32 Å². The lowest BCUT2D eigenvalue weighted by Crippen LogP contribution is -2.26. The Kier molecular flexibility index (Phi) is 5.61. The molecule has 0 radical (unpaired) electrons. The number of halogens is 1. The maximum atomic E-state index is 13.0. The normalized spacial score (nSPS) is 17.1. The molecule has 0 saturated carbocycles. The third kappa shape index (κ3) is 4.21. The first-order chi connectivity index (χ1) is 11.7. The number of ether oxygens (including phenoxy) is 2. The van der Waals surface area contributed by atoms with E-state index < -0.39 is 0 Å². The molecular formula is C18H21FN2O3. The number of hydrogen-bond donors (Lipinski definition) is 2. The molecule has 0 spiro atoms. The molecule has 2 aromatic rings. The average molecular weight is 332 g/mol. The molecule has 2 N–H and O–H groups in total. The van der Waals surface area contributed by atoms with Crippen LogP contribution >= 0.6 is 0 Å². The molecule has 1 atom stereocenters. The molecule has 5 nitrogen and oxygen atoms in total. The van der Waals surface area contributed by atoms with Crippen molar-refractivity contribution >= 4 is 5.91 Å². The van der Waals surface area contributed by atoms with Gasteiger partial charge < -0.3 is 19.8 Å². The van der Waals surface area contributed by atoms with E-state index in [-0.39, 0.29) is 17.8 Å². The summed E-state index contributed by atoms with van der Waals surface area (Å²) in [5.74, 6) is -0.451. The molecule has 1 amide bonds. The number of rotatable bonds is 7. The summed E-state index contributed by atoms with van der Waals surface area (Å²) in [6.45, 7) is 2.57. The van der Waals surface area contributed by atoms with E-state index >= 15 is 0 Å². The molecule has 0 unspecified atom stereocenters. The van der Waals surface area contributed by atoms with Crippen molar-refractivity contribution in [1.82, 2.24) is 10.3 Å². The van der Waals surface area contributed by atoms with E-state index in [9.17, 15) is 9.18 Å². The number of nitrogens with one attached hydrogen (secondary N) is 2. The summed E-state index contributed by atoms with van der Waals surface area (Å²) < 4.78 is 23.9. The molecule has 2 heterocycles. The van der Waals surface area contributed by atoms with Crippen LogP contribution in [0.4, 0.5) is 4.39 Å². The van der Waals surface area contributed by atoms with E-state index in [0.717, 1.165) is 30.6 Å². The maximum absolute atomic E-state index is 13.0. The Morgan fingerprint density at radius 1 is 1.33 bits per heavy atom. The van der Waals surface area contributed by atoms with Crippen molar-refractivity contribution in [2.45, 2.75) is 18.9 Å². The summed E-state index contributed by atoms with van der Waals surface area (Å²) in [5.41, 5.74) is 2.10. The second-order valence-electron chi connectivity index (χ2n) is 5.76. The molecule has 1 aliphatic heterocycles. The largest absolute Gasteiger partial charge is 0.379 e. The van der Waals surface area contributed by atoms with Crippen LogP contribution in [0.2, 0.25) is 0 Å². The fraction of sp³-hybridized carbons (Fsp3) is 0.389. The number of H-pyrrole nitrogens is 1. The van der Waals surface area contributed by atoms with E-state index in [4.69, 9.17) is 9.47 Å². The van der Waals surface area contributed by atoms with Gasteiger partial charge in [-0.3, -0.25) is 4.79 Å². The van der Waals surface area contributed by atoms with Gasteiger partial charge in [0.15, 0.2) is 0 Å². The van der Waals surface area contributed by atoms with Crippen LogP contribution in [0.15, 0.2) is 36.7 Å². The van der Waals surface area contributed by atoms with Crippen LogP contribution in [-0.2, 0) is 9.47 Å². The second-order valence-corrected chi connectivity index (χ2v) is 5.76. The van der Waals surface area contributed by atoms with Gasteiger partial charge in [0.1, 0.15) is 5.82 Å². The lowest BCUT2D eigenvalue weighted by atomic mass is 10.0. The van der Waals surface area contributed by atoms with Crippen LogP contribution in [-0.4, -0.2) is 43.4 Å². The highest BCUT2D eigenvalue weighted by atomic mass is 19.1. The zero-order valence-corrected chi connectivity index (χ0v) is 13.4. The number of aromatic nitrogens is 1. The van der Waals surface area contributed by atoms with Gasteiger partial charge in [-0.15, -0.1) is 0 Å². The Balaban J connectivity index is 1.48. The van der Waals surface area contributed by atoms with Crippen molar-refractivity contribution in [3.05, 3.63) is 48.0 Å². The highest BCUT2D eigenvalue weighted by Gasteiger charge is 2.16. The standard InChI is InChI=1S/C18H21FN2O3/c19-14-4-2-13(3-5-14)16-10-20-11-17(16)18(22)21-7-1-8-24-15-6-9-23-12-15/h2-5,10-11,15,20H,1,6-9,12H2,(H,21,22)/t15-/m1/s1. The zero-order valence-electron chi connectivity index (χ0n) is 13.4. The van der Waals surface area contributed by atoms with E-state index in [1.54, 1.807) is 24.5 Å². The molecule has 1 aromatic carbocycles. The SMILES string of the molecule is O=C(NCCCO[C@@H]1CCOC1)c1c[nH]cc1-c1ccc(F)cc1. The Morgan fingerprint density at radius 2 is 2.17 bits per heavy atom. The minimum Gasteiger partial charge on any atom is -0.379 e. The highest BCUT2D eigenvalue weighted by Crippen LogP contribution is 2.23. The van der Waals surface area contributed by atoms with Crippen LogP contribution in [0.3, 0.4) is 0 Å². The molecule has 1 saturated heterocycles. The van der Waals surface area contributed by atoms with Crippen molar-refractivity contribution in [2.75, 3.05) is 26.4 Å². The zero-order chi connectivity index (χ0) is 16.8. The van der Waals surface area contributed by atoms with Gasteiger partial charge >= 0.3 is 0 Å². The smallest absolute Gasteiger partial charge is 0.253 e. The minimum absolute atomic E-state index is 0.153. The molecule has 0 bridgehead atoms. The highest BCUT2D eigenvalue weighted by molar-refractivity contribution is 6.00. The molecule has 0 aliphatic carbocycles. The summed E-state index contributed by atoms with van der Waals surface area (Å²) in [4.78, 5) is 15.3. The van der Waals surface area contributed by atoms with Crippen molar-refractivity contribution in [3.63, 3.8) is 0 Å². The van der Waals surface area contributed by atoms with Crippen LogP contribution in [0.25, 0.3) is 11.1 Å². The lowest BCUT2D eigenvalue weighted by molar-refractivity contribution is 0.0415. The number of carbonyl (C=O) groups is 1. The summed E-state index contributed by atoms with van der Waals surface area (Å²) in [6.07, 6.45) is 5.27. The summed E-state index contributed by atoms with van der Waals surface area (Å²) in [6, 6.07) is 6.09. The Morgan fingerprint density at radius 3 is 2.92 bits per heavy atom. The quantitative estimate of drug-likeness (QED) is 0.766. The van der Waals surface area contributed by atoms with E-state index in [1.165, 1.54) is 12.1 Å². The van der Waals surface area contributed by atoms with E-state index in [2.05, 4.69) is 10.3 Å². The second kappa shape index (κ2) is 8.08. The van der Waals surface area contributed by atoms with Crippen molar-refractivity contribution in [1.29, 1.82) is 0 Å². The monoisotopic (exact) mass is 332 g/mol. The fourth-order valence-electron chi connectivity index (χ4n) is 2.68. The molecule has 128 valence electrons. The van der Waals surface area contributed by atoms with E-state index in [0.29, 0.717) is 25.3 Å². The maximum Gasteiger partial charge on any atom is 0.253 e. The van der Waals surface area contributed by atoms with Gasteiger partial charge in [-0.1, -0.05) is 12.1 Å². The fourth-order valence-corrected chi connectivity index (χ4v) is 2.68. The summed E-state index contributed by atoms with van der Waals surface area (Å²) in [5, 5.41) is 2.89. The van der Waals surface area contributed by atoms with Crippen molar-refractivity contribution in [2.24, 2.45) is 0 Å². The summed E-state index contributed by atoms with van der Waals surface area (Å²) in [7, 11) is 0. The van der Waals surface area contributed by atoms with E-state index in [1.807, 2.05) is 0 Å². The first kappa shape index (κ1) is 16.7. The number of amides is 1. The van der Waals surface area contributed by atoms with Gasteiger partial charge in [0, 0.05) is 37.7 Å². The molecule has 1 aliphatic rings. The third-order valence-corrected chi connectivity index (χ3v) is 3.99. The molecule has 1 aromatic heterocycles. The molecule has 24 heavy (non-hydrogen) atoms. The summed E-state index contributed by atoms with van der Waals surface area (Å²) >= 11 is 0. The third-order valence-electron chi connectivity index (χ3n) is 3.99. The van der Waals surface area contributed by atoms with Crippen molar-refractivity contribution < 1.29 is 18.7 Å².